The molecule has 34 heavy (non-hydrogen) atoms. The van der Waals surface area contributed by atoms with E-state index in [1.54, 1.807) is 48.5 Å². The number of hydrogen-bond donors (Lipinski definition) is 1. The van der Waals surface area contributed by atoms with Crippen molar-refractivity contribution in [1.29, 1.82) is 0 Å². The van der Waals surface area contributed by atoms with Crippen LogP contribution in [0.25, 0.3) is 6.08 Å². The lowest BCUT2D eigenvalue weighted by molar-refractivity contribution is -0.122. The number of nitrogens with zero attached hydrogens (tertiary/aromatic N) is 1. The number of barbiturate groups is 1. The number of halogens is 1. The SMILES string of the molecule is CCOc1ccc(N2C(=O)NC(=O)/C(=C\c3ccc(OCc4ccc(I)cc4)cc3)C2=O)cc1. The van der Waals surface area contributed by atoms with Gasteiger partial charge in [0.1, 0.15) is 23.7 Å². The van der Waals surface area contributed by atoms with Gasteiger partial charge in [0.15, 0.2) is 0 Å². The number of benzene rings is 3. The minimum atomic E-state index is -0.796. The van der Waals surface area contributed by atoms with E-state index in [1.807, 2.05) is 31.2 Å². The highest BCUT2D eigenvalue weighted by Crippen LogP contribution is 2.25. The maximum Gasteiger partial charge on any atom is 0.335 e. The van der Waals surface area contributed by atoms with Gasteiger partial charge in [0.25, 0.3) is 11.8 Å². The second-order valence-electron chi connectivity index (χ2n) is 7.37. The van der Waals surface area contributed by atoms with Crippen molar-refractivity contribution in [3.8, 4) is 11.5 Å². The van der Waals surface area contributed by atoms with Gasteiger partial charge in [-0.15, -0.1) is 0 Å². The Bertz CT molecular complexity index is 1240. The summed E-state index contributed by atoms with van der Waals surface area (Å²) in [6.07, 6.45) is 1.45. The van der Waals surface area contributed by atoms with E-state index >= 15 is 0 Å². The van der Waals surface area contributed by atoms with Crippen molar-refractivity contribution in [3.05, 3.63) is 93.1 Å². The summed E-state index contributed by atoms with van der Waals surface area (Å²) in [5.74, 6) is -0.160. The summed E-state index contributed by atoms with van der Waals surface area (Å²) in [6.45, 7) is 2.79. The first-order chi connectivity index (χ1) is 16.4. The zero-order chi connectivity index (χ0) is 24.1. The molecule has 0 spiro atoms. The molecule has 8 heteroatoms. The Balaban J connectivity index is 1.49. The molecule has 172 valence electrons. The first-order valence-corrected chi connectivity index (χ1v) is 11.6. The molecule has 1 N–H and O–H groups in total. The Morgan fingerprint density at radius 3 is 2.12 bits per heavy atom. The van der Waals surface area contributed by atoms with Crippen molar-refractivity contribution >= 4 is 52.2 Å². The second kappa shape index (κ2) is 10.5. The Morgan fingerprint density at radius 2 is 1.47 bits per heavy atom. The first-order valence-electron chi connectivity index (χ1n) is 10.6. The summed E-state index contributed by atoms with van der Waals surface area (Å²) in [6, 6.07) is 20.8. The molecule has 1 aliphatic rings. The third-order valence-electron chi connectivity index (χ3n) is 5.02. The largest absolute Gasteiger partial charge is 0.494 e. The van der Waals surface area contributed by atoms with Crippen LogP contribution in [0.3, 0.4) is 0 Å². The maximum atomic E-state index is 13.0. The number of ether oxygens (including phenoxy) is 2. The lowest BCUT2D eigenvalue weighted by Crippen LogP contribution is -2.54. The summed E-state index contributed by atoms with van der Waals surface area (Å²) in [5, 5.41) is 2.22. The third kappa shape index (κ3) is 5.45. The third-order valence-corrected chi connectivity index (χ3v) is 5.74. The zero-order valence-corrected chi connectivity index (χ0v) is 20.4. The van der Waals surface area contributed by atoms with Crippen LogP contribution in [-0.2, 0) is 16.2 Å². The lowest BCUT2D eigenvalue weighted by Gasteiger charge is -2.26. The molecular weight excluding hydrogens is 547 g/mol. The molecule has 1 aliphatic heterocycles. The Hall–Kier alpha value is -3.66. The number of amides is 4. The molecule has 0 unspecified atom stereocenters. The number of carbonyl (C=O) groups is 3. The van der Waals surface area contributed by atoms with Crippen LogP contribution in [0.2, 0.25) is 0 Å². The fourth-order valence-corrected chi connectivity index (χ4v) is 3.68. The van der Waals surface area contributed by atoms with E-state index < -0.39 is 17.8 Å². The van der Waals surface area contributed by atoms with Gasteiger partial charge in [-0.3, -0.25) is 14.9 Å². The molecule has 1 fully saturated rings. The Labute approximate surface area is 210 Å². The molecule has 4 amide bonds. The van der Waals surface area contributed by atoms with E-state index in [0.29, 0.717) is 36.0 Å². The molecule has 7 nitrogen and oxygen atoms in total. The van der Waals surface area contributed by atoms with Gasteiger partial charge < -0.3 is 9.47 Å². The van der Waals surface area contributed by atoms with Gasteiger partial charge in [-0.25, -0.2) is 9.69 Å². The highest BCUT2D eigenvalue weighted by molar-refractivity contribution is 14.1. The van der Waals surface area contributed by atoms with Crippen LogP contribution in [-0.4, -0.2) is 24.5 Å². The van der Waals surface area contributed by atoms with Gasteiger partial charge in [0, 0.05) is 3.57 Å². The fraction of sp³-hybridized carbons (Fsp3) is 0.115. The predicted octanol–water partition coefficient (Wildman–Crippen LogP) is 4.94. The van der Waals surface area contributed by atoms with Gasteiger partial charge in [-0.1, -0.05) is 24.3 Å². The van der Waals surface area contributed by atoms with Gasteiger partial charge in [0.2, 0.25) is 0 Å². The normalized spacial score (nSPS) is 14.8. The molecule has 4 rings (SSSR count). The van der Waals surface area contributed by atoms with E-state index in [4.69, 9.17) is 9.47 Å². The number of rotatable bonds is 7. The minimum absolute atomic E-state index is 0.138. The summed E-state index contributed by atoms with van der Waals surface area (Å²) < 4.78 is 12.4. The first kappa shape index (κ1) is 23.5. The molecule has 0 aromatic heterocycles. The molecule has 0 saturated carbocycles. The van der Waals surface area contributed by atoms with Crippen molar-refractivity contribution in [1.82, 2.24) is 5.32 Å². The Morgan fingerprint density at radius 1 is 0.853 bits per heavy atom. The average Bonchev–Trinajstić information content (AvgIpc) is 2.83. The lowest BCUT2D eigenvalue weighted by atomic mass is 10.1. The summed E-state index contributed by atoms with van der Waals surface area (Å²) in [4.78, 5) is 38.7. The summed E-state index contributed by atoms with van der Waals surface area (Å²) in [5.41, 5.74) is 1.88. The predicted molar refractivity (Wildman–Crippen MR) is 137 cm³/mol. The fourth-order valence-electron chi connectivity index (χ4n) is 3.32. The van der Waals surface area contributed by atoms with Crippen molar-refractivity contribution in [2.45, 2.75) is 13.5 Å². The number of hydrogen-bond acceptors (Lipinski definition) is 5. The second-order valence-corrected chi connectivity index (χ2v) is 8.61. The number of urea groups is 1. The van der Waals surface area contributed by atoms with Crippen LogP contribution >= 0.6 is 22.6 Å². The molecule has 0 radical (unpaired) electrons. The number of nitrogens with one attached hydrogen (secondary N) is 1. The van der Waals surface area contributed by atoms with Crippen LogP contribution in [0.5, 0.6) is 11.5 Å². The number of imide groups is 2. The standard InChI is InChI=1S/C26H21IN2O5/c1-2-33-21-13-9-20(10-14-21)29-25(31)23(24(30)28-26(29)32)15-17-5-11-22(12-6-17)34-16-18-3-7-19(27)8-4-18/h3-15H,2,16H2,1H3,(H,28,30,32)/b23-15+. The molecular formula is C26H21IN2O5. The topological polar surface area (TPSA) is 84.9 Å². The van der Waals surface area contributed by atoms with Crippen molar-refractivity contribution < 1.29 is 23.9 Å². The average molecular weight is 568 g/mol. The monoisotopic (exact) mass is 568 g/mol. The molecule has 0 bridgehead atoms. The van der Waals surface area contributed by atoms with Gasteiger partial charge in [0.05, 0.1) is 12.3 Å². The number of anilines is 1. The molecule has 1 saturated heterocycles. The highest BCUT2D eigenvalue weighted by Gasteiger charge is 2.36. The minimum Gasteiger partial charge on any atom is -0.494 e. The van der Waals surface area contributed by atoms with E-state index in [1.165, 1.54) is 6.08 Å². The van der Waals surface area contributed by atoms with Crippen LogP contribution in [0.1, 0.15) is 18.1 Å². The van der Waals surface area contributed by atoms with Crippen LogP contribution < -0.4 is 19.7 Å². The quantitative estimate of drug-likeness (QED) is 0.248. The van der Waals surface area contributed by atoms with Gasteiger partial charge in [-0.05, 0) is 95.2 Å². The zero-order valence-electron chi connectivity index (χ0n) is 18.3. The summed E-state index contributed by atoms with van der Waals surface area (Å²) >= 11 is 2.25. The maximum absolute atomic E-state index is 13.0. The van der Waals surface area contributed by atoms with E-state index in [-0.39, 0.29) is 5.57 Å². The van der Waals surface area contributed by atoms with E-state index in [2.05, 4.69) is 27.9 Å². The van der Waals surface area contributed by atoms with Crippen molar-refractivity contribution in [3.63, 3.8) is 0 Å². The molecule has 0 atom stereocenters. The summed E-state index contributed by atoms with van der Waals surface area (Å²) in [7, 11) is 0. The molecule has 0 aliphatic carbocycles. The van der Waals surface area contributed by atoms with Gasteiger partial charge in [-0.2, -0.15) is 0 Å². The van der Waals surface area contributed by atoms with E-state index in [0.717, 1.165) is 14.0 Å². The van der Waals surface area contributed by atoms with Crippen LogP contribution in [0.4, 0.5) is 10.5 Å². The van der Waals surface area contributed by atoms with Crippen molar-refractivity contribution in [2.24, 2.45) is 0 Å². The van der Waals surface area contributed by atoms with E-state index in [9.17, 15) is 14.4 Å². The smallest absolute Gasteiger partial charge is 0.335 e. The van der Waals surface area contributed by atoms with Crippen molar-refractivity contribution in [2.75, 3.05) is 11.5 Å². The number of carbonyl (C=O) groups excluding carboxylic acids is 3. The van der Waals surface area contributed by atoms with Gasteiger partial charge >= 0.3 is 6.03 Å². The molecule has 3 aromatic carbocycles. The molecule has 3 aromatic rings. The van der Waals surface area contributed by atoms with Crippen LogP contribution in [0, 0.1) is 3.57 Å². The van der Waals surface area contributed by atoms with Crippen LogP contribution in [0.15, 0.2) is 78.4 Å². The molecule has 1 heterocycles. The highest BCUT2D eigenvalue weighted by atomic mass is 127. The Kier molecular flexibility index (Phi) is 7.27.